The summed E-state index contributed by atoms with van der Waals surface area (Å²) in [6, 6.07) is 0. The van der Waals surface area contributed by atoms with E-state index in [2.05, 4.69) is 20.4 Å². The molecule has 0 aliphatic carbocycles. The first kappa shape index (κ1) is 7.45. The van der Waals surface area contributed by atoms with E-state index < -0.39 is 0 Å². The Morgan fingerprint density at radius 3 is 2.00 bits per heavy atom. The van der Waals surface area contributed by atoms with Crippen molar-refractivity contribution >= 4 is 0 Å². The van der Waals surface area contributed by atoms with Crippen LogP contribution in [0.15, 0.2) is 12.5 Å². The Bertz CT molecular complexity index is 117. The summed E-state index contributed by atoms with van der Waals surface area (Å²) >= 11 is 0. The number of rotatable bonds is 0. The summed E-state index contributed by atoms with van der Waals surface area (Å²) in [5.41, 5.74) is 0. The van der Waals surface area contributed by atoms with Gasteiger partial charge in [0.15, 0.2) is 0 Å². The molecule has 1 heterocycles. The topological polar surface area (TPSA) is 18.5 Å². The van der Waals surface area contributed by atoms with Gasteiger partial charge in [0, 0.05) is 0 Å². The van der Waals surface area contributed by atoms with E-state index >= 15 is 0 Å². The molecule has 1 rings (SSSR count). The number of hydrogen-bond acceptors (Lipinski definition) is 2. The van der Waals surface area contributed by atoms with Crippen LogP contribution in [0.25, 0.3) is 0 Å². The summed E-state index contributed by atoms with van der Waals surface area (Å²) in [4.78, 5) is 0. The number of ether oxygens (including phenoxy) is 2. The van der Waals surface area contributed by atoms with Crippen LogP contribution in [-0.4, -0.2) is 13.2 Å². The zero-order valence-electron chi connectivity index (χ0n) is 6.59. The molecule has 2 unspecified atom stereocenters. The lowest BCUT2D eigenvalue weighted by Crippen LogP contribution is -2.13. The predicted octanol–water partition coefficient (Wildman–Crippen LogP) is 1.78. The van der Waals surface area contributed by atoms with Gasteiger partial charge in [-0.3, -0.25) is 0 Å². The maximum absolute atomic E-state index is 5.17. The molecule has 2 heteroatoms. The minimum atomic E-state index is 0.469. The second-order valence-electron chi connectivity index (χ2n) is 2.95. The third-order valence-corrected chi connectivity index (χ3v) is 1.99. The van der Waals surface area contributed by atoms with Gasteiger partial charge in [0.25, 0.3) is 5.95 Å². The van der Waals surface area contributed by atoms with Crippen molar-refractivity contribution in [3.63, 3.8) is 0 Å². The lowest BCUT2D eigenvalue weighted by atomic mass is 9.98. The van der Waals surface area contributed by atoms with Crippen molar-refractivity contribution in [1.82, 2.24) is 0 Å². The van der Waals surface area contributed by atoms with Crippen molar-refractivity contribution in [1.29, 1.82) is 0 Å². The third kappa shape index (κ3) is 1.66. The second-order valence-corrected chi connectivity index (χ2v) is 2.95. The summed E-state index contributed by atoms with van der Waals surface area (Å²) in [5, 5.41) is 0. The van der Waals surface area contributed by atoms with Crippen LogP contribution in [0.5, 0.6) is 0 Å². The molecule has 1 aliphatic heterocycles. The van der Waals surface area contributed by atoms with Crippen LogP contribution in [-0.2, 0) is 9.47 Å². The standard InChI is InChI=1S/C8H14O2/c1-6-4-9-8(3)10-5-7(6)2/h6-7H,3-5H2,1-2H3. The molecule has 0 saturated carbocycles. The Morgan fingerprint density at radius 2 is 1.60 bits per heavy atom. The van der Waals surface area contributed by atoms with Crippen molar-refractivity contribution in [2.24, 2.45) is 11.8 Å². The lowest BCUT2D eigenvalue weighted by molar-refractivity contribution is 0.0579. The minimum absolute atomic E-state index is 0.469. The maximum atomic E-state index is 5.17. The molecular formula is C8H14O2. The molecule has 1 fully saturated rings. The highest BCUT2D eigenvalue weighted by atomic mass is 16.7. The van der Waals surface area contributed by atoms with Crippen LogP contribution in [0.3, 0.4) is 0 Å². The van der Waals surface area contributed by atoms with Gasteiger partial charge in [-0.25, -0.2) is 0 Å². The van der Waals surface area contributed by atoms with Gasteiger partial charge in [0.2, 0.25) is 0 Å². The quantitative estimate of drug-likeness (QED) is 0.513. The molecule has 1 saturated heterocycles. The summed E-state index contributed by atoms with van der Waals surface area (Å²) < 4.78 is 10.3. The average molecular weight is 142 g/mol. The van der Waals surface area contributed by atoms with Crippen molar-refractivity contribution in [2.45, 2.75) is 13.8 Å². The maximum Gasteiger partial charge on any atom is 0.271 e. The molecule has 0 aromatic heterocycles. The molecule has 0 amide bonds. The zero-order chi connectivity index (χ0) is 7.56. The average Bonchev–Trinajstić information content (AvgIpc) is 2.04. The first-order valence-corrected chi connectivity index (χ1v) is 3.64. The van der Waals surface area contributed by atoms with Gasteiger partial charge < -0.3 is 9.47 Å². The van der Waals surface area contributed by atoms with Crippen LogP contribution in [0.1, 0.15) is 13.8 Å². The Kier molecular flexibility index (Phi) is 2.20. The van der Waals surface area contributed by atoms with Crippen molar-refractivity contribution in [2.75, 3.05) is 13.2 Å². The fraction of sp³-hybridized carbons (Fsp3) is 0.750. The SMILES string of the molecule is C=C1OCC(C)C(C)CO1. The molecule has 2 nitrogen and oxygen atoms in total. The normalized spacial score (nSPS) is 34.0. The Labute approximate surface area is 61.8 Å². The molecule has 1 aliphatic rings. The van der Waals surface area contributed by atoms with Crippen molar-refractivity contribution < 1.29 is 9.47 Å². The lowest BCUT2D eigenvalue weighted by Gasteiger charge is -2.11. The summed E-state index contributed by atoms with van der Waals surface area (Å²) in [6.45, 7) is 9.39. The van der Waals surface area contributed by atoms with E-state index in [-0.39, 0.29) is 0 Å². The van der Waals surface area contributed by atoms with Crippen molar-refractivity contribution in [3.05, 3.63) is 12.5 Å². The van der Waals surface area contributed by atoms with Gasteiger partial charge in [-0.05, 0) is 18.4 Å². The molecule has 10 heavy (non-hydrogen) atoms. The number of hydrogen-bond donors (Lipinski definition) is 0. The third-order valence-electron chi connectivity index (χ3n) is 1.99. The van der Waals surface area contributed by atoms with E-state index in [0.29, 0.717) is 17.8 Å². The van der Waals surface area contributed by atoms with Gasteiger partial charge in [-0.15, -0.1) is 0 Å². The summed E-state index contributed by atoms with van der Waals surface area (Å²) in [5.74, 6) is 1.61. The zero-order valence-corrected chi connectivity index (χ0v) is 6.59. The molecule has 0 radical (unpaired) electrons. The summed E-state index contributed by atoms with van der Waals surface area (Å²) in [6.07, 6.45) is 0. The first-order chi connectivity index (χ1) is 4.70. The van der Waals surface area contributed by atoms with Crippen molar-refractivity contribution in [3.8, 4) is 0 Å². The van der Waals surface area contributed by atoms with Crippen LogP contribution in [0.4, 0.5) is 0 Å². The van der Waals surface area contributed by atoms with E-state index in [1.54, 1.807) is 0 Å². The van der Waals surface area contributed by atoms with E-state index in [4.69, 9.17) is 9.47 Å². The highest BCUT2D eigenvalue weighted by molar-refractivity contribution is 4.75. The van der Waals surface area contributed by atoms with E-state index in [1.807, 2.05) is 0 Å². The van der Waals surface area contributed by atoms with E-state index in [9.17, 15) is 0 Å². The fourth-order valence-corrected chi connectivity index (χ4v) is 0.819. The minimum Gasteiger partial charge on any atom is -0.466 e. The van der Waals surface area contributed by atoms with Crippen LogP contribution in [0.2, 0.25) is 0 Å². The highest BCUT2D eigenvalue weighted by Gasteiger charge is 2.18. The van der Waals surface area contributed by atoms with Gasteiger partial charge in [-0.2, -0.15) is 0 Å². The highest BCUT2D eigenvalue weighted by Crippen LogP contribution is 2.18. The Hall–Kier alpha value is -0.660. The molecule has 0 bridgehead atoms. The van der Waals surface area contributed by atoms with Gasteiger partial charge >= 0.3 is 0 Å². The molecule has 58 valence electrons. The van der Waals surface area contributed by atoms with Gasteiger partial charge in [-0.1, -0.05) is 13.8 Å². The Morgan fingerprint density at radius 1 is 1.20 bits per heavy atom. The molecular weight excluding hydrogens is 128 g/mol. The summed E-state index contributed by atoms with van der Waals surface area (Å²) in [7, 11) is 0. The van der Waals surface area contributed by atoms with Gasteiger partial charge in [0.1, 0.15) is 0 Å². The molecule has 0 aromatic rings. The Balaban J connectivity index is 2.46. The largest absolute Gasteiger partial charge is 0.466 e. The fourth-order valence-electron chi connectivity index (χ4n) is 0.819. The van der Waals surface area contributed by atoms with Crippen LogP contribution in [0, 0.1) is 11.8 Å². The second kappa shape index (κ2) is 2.95. The monoisotopic (exact) mass is 142 g/mol. The molecule has 0 N–H and O–H groups in total. The van der Waals surface area contributed by atoms with Crippen LogP contribution < -0.4 is 0 Å². The van der Waals surface area contributed by atoms with E-state index in [0.717, 1.165) is 13.2 Å². The molecule has 0 aromatic carbocycles. The van der Waals surface area contributed by atoms with Crippen LogP contribution >= 0.6 is 0 Å². The molecule has 2 atom stereocenters. The molecule has 0 spiro atoms. The first-order valence-electron chi connectivity index (χ1n) is 3.64. The predicted molar refractivity (Wildman–Crippen MR) is 39.4 cm³/mol. The van der Waals surface area contributed by atoms with Gasteiger partial charge in [0.05, 0.1) is 13.2 Å². The van der Waals surface area contributed by atoms with E-state index in [1.165, 1.54) is 0 Å². The smallest absolute Gasteiger partial charge is 0.271 e.